The van der Waals surface area contributed by atoms with E-state index in [-0.39, 0.29) is 11.9 Å². The fourth-order valence-electron chi connectivity index (χ4n) is 2.22. The first-order chi connectivity index (χ1) is 10.5. The Balaban J connectivity index is 2.97. The highest BCUT2D eigenvalue weighted by Crippen LogP contribution is 2.25. The number of allylic oxidation sites excluding steroid dienone is 3. The molecule has 1 aromatic carbocycles. The van der Waals surface area contributed by atoms with E-state index in [4.69, 9.17) is 0 Å². The summed E-state index contributed by atoms with van der Waals surface area (Å²) >= 11 is 0. The van der Waals surface area contributed by atoms with Crippen molar-refractivity contribution in [3.8, 4) is 5.75 Å². The molecular formula is C19H26O3. The van der Waals surface area contributed by atoms with Gasteiger partial charge < -0.3 is 10.2 Å². The fraction of sp³-hybridized carbons (Fsp3) is 0.421. The van der Waals surface area contributed by atoms with Crippen molar-refractivity contribution in [2.45, 2.75) is 52.6 Å². The molecule has 0 bridgehead atoms. The molecule has 0 amide bonds. The number of phenolic OH excluding ortho intramolecular Hbond substituents is 1. The number of carbonyl (C=O) groups excluding carboxylic acids is 1. The zero-order valence-corrected chi connectivity index (χ0v) is 13.7. The summed E-state index contributed by atoms with van der Waals surface area (Å²) in [6.07, 6.45) is 9.64. The predicted molar refractivity (Wildman–Crippen MR) is 91.2 cm³/mol. The van der Waals surface area contributed by atoms with Crippen LogP contribution in [0.4, 0.5) is 0 Å². The SMILES string of the molecule is CC(C)=CCc1ccc(O)c(C=O)c1C=CCCCC(C)O. The van der Waals surface area contributed by atoms with Crippen molar-refractivity contribution in [1.29, 1.82) is 0 Å². The Kier molecular flexibility index (Phi) is 7.61. The molecule has 0 aliphatic carbocycles. The van der Waals surface area contributed by atoms with E-state index in [0.717, 1.165) is 36.8 Å². The summed E-state index contributed by atoms with van der Waals surface area (Å²) in [6, 6.07) is 3.43. The van der Waals surface area contributed by atoms with Gasteiger partial charge in [0.2, 0.25) is 0 Å². The summed E-state index contributed by atoms with van der Waals surface area (Å²) in [6.45, 7) is 5.85. The topological polar surface area (TPSA) is 57.5 Å². The van der Waals surface area contributed by atoms with Crippen LogP contribution in [-0.2, 0) is 6.42 Å². The van der Waals surface area contributed by atoms with E-state index >= 15 is 0 Å². The van der Waals surface area contributed by atoms with Gasteiger partial charge in [-0.1, -0.05) is 29.9 Å². The summed E-state index contributed by atoms with van der Waals surface area (Å²) in [5, 5.41) is 19.1. The summed E-state index contributed by atoms with van der Waals surface area (Å²) in [4.78, 5) is 11.3. The molecule has 1 rings (SSSR count). The predicted octanol–water partition coefficient (Wildman–Crippen LogP) is 4.28. The van der Waals surface area contributed by atoms with Gasteiger partial charge in [-0.05, 0) is 63.6 Å². The number of hydrogen-bond acceptors (Lipinski definition) is 3. The third-order valence-electron chi connectivity index (χ3n) is 3.48. The van der Waals surface area contributed by atoms with Crippen molar-refractivity contribution in [3.63, 3.8) is 0 Å². The molecule has 3 nitrogen and oxygen atoms in total. The van der Waals surface area contributed by atoms with Gasteiger partial charge >= 0.3 is 0 Å². The molecule has 120 valence electrons. The standard InChI is InChI=1S/C19H26O3/c1-14(2)9-10-16-11-12-19(22)18(13-20)17(16)8-6-4-5-7-15(3)21/h6,8-9,11-13,15,21-22H,4-5,7,10H2,1-3H3. The Morgan fingerprint density at radius 3 is 2.59 bits per heavy atom. The van der Waals surface area contributed by atoms with Crippen molar-refractivity contribution in [3.05, 3.63) is 46.5 Å². The largest absolute Gasteiger partial charge is 0.507 e. The second-order valence-electron chi connectivity index (χ2n) is 5.86. The molecule has 1 atom stereocenters. The molecular weight excluding hydrogens is 276 g/mol. The summed E-state index contributed by atoms with van der Waals surface area (Å²) in [5.74, 6) is 0.0135. The Labute approximate surface area is 133 Å². The molecule has 1 aromatic rings. The Hall–Kier alpha value is -1.87. The van der Waals surface area contributed by atoms with Crippen LogP contribution in [0.3, 0.4) is 0 Å². The van der Waals surface area contributed by atoms with E-state index in [1.807, 2.05) is 32.1 Å². The molecule has 0 fully saturated rings. The summed E-state index contributed by atoms with van der Waals surface area (Å²) in [7, 11) is 0. The first-order valence-electron chi connectivity index (χ1n) is 7.73. The lowest BCUT2D eigenvalue weighted by Gasteiger charge is -2.09. The van der Waals surface area contributed by atoms with Gasteiger partial charge in [-0.25, -0.2) is 0 Å². The quantitative estimate of drug-likeness (QED) is 0.428. The monoisotopic (exact) mass is 302 g/mol. The highest BCUT2D eigenvalue weighted by Gasteiger charge is 2.09. The minimum Gasteiger partial charge on any atom is -0.507 e. The van der Waals surface area contributed by atoms with Gasteiger partial charge in [-0.15, -0.1) is 0 Å². The fourth-order valence-corrected chi connectivity index (χ4v) is 2.22. The normalized spacial score (nSPS) is 12.4. The average molecular weight is 302 g/mol. The molecule has 2 N–H and O–H groups in total. The lowest BCUT2D eigenvalue weighted by Crippen LogP contribution is -1.97. The lowest BCUT2D eigenvalue weighted by atomic mass is 9.97. The van der Waals surface area contributed by atoms with Crippen molar-refractivity contribution >= 4 is 12.4 Å². The van der Waals surface area contributed by atoms with Gasteiger partial charge in [-0.2, -0.15) is 0 Å². The number of aromatic hydroxyl groups is 1. The number of aliphatic hydroxyl groups excluding tert-OH is 1. The van der Waals surface area contributed by atoms with Crippen LogP contribution in [0, 0.1) is 0 Å². The minimum atomic E-state index is -0.284. The van der Waals surface area contributed by atoms with Gasteiger partial charge in [0.05, 0.1) is 11.7 Å². The maximum Gasteiger partial charge on any atom is 0.154 e. The highest BCUT2D eigenvalue weighted by molar-refractivity contribution is 5.86. The Morgan fingerprint density at radius 1 is 1.27 bits per heavy atom. The van der Waals surface area contributed by atoms with E-state index in [2.05, 4.69) is 6.08 Å². The number of rotatable bonds is 8. The first-order valence-corrected chi connectivity index (χ1v) is 7.73. The molecule has 3 heteroatoms. The smallest absolute Gasteiger partial charge is 0.154 e. The third-order valence-corrected chi connectivity index (χ3v) is 3.48. The number of phenols is 1. The maximum absolute atomic E-state index is 11.3. The second kappa shape index (κ2) is 9.21. The molecule has 1 unspecified atom stereocenters. The second-order valence-corrected chi connectivity index (χ2v) is 5.86. The van der Waals surface area contributed by atoms with Crippen LogP contribution < -0.4 is 0 Å². The van der Waals surface area contributed by atoms with Gasteiger partial charge in [0.1, 0.15) is 5.75 Å². The number of hydrogen-bond donors (Lipinski definition) is 2. The molecule has 0 radical (unpaired) electrons. The van der Waals surface area contributed by atoms with Crippen molar-refractivity contribution < 1.29 is 15.0 Å². The first kappa shape index (κ1) is 18.2. The number of benzene rings is 1. The highest BCUT2D eigenvalue weighted by atomic mass is 16.3. The van der Waals surface area contributed by atoms with Gasteiger partial charge in [0, 0.05) is 0 Å². The van der Waals surface area contributed by atoms with Gasteiger partial charge in [-0.3, -0.25) is 4.79 Å². The molecule has 0 aliphatic rings. The maximum atomic E-state index is 11.3. The number of aldehydes is 1. The zero-order valence-electron chi connectivity index (χ0n) is 13.7. The Bertz CT molecular complexity index is 550. The Morgan fingerprint density at radius 2 is 2.00 bits per heavy atom. The van der Waals surface area contributed by atoms with Gasteiger partial charge in [0.15, 0.2) is 6.29 Å². The van der Waals surface area contributed by atoms with Crippen LogP contribution in [0.1, 0.15) is 61.5 Å². The molecule has 0 spiro atoms. The molecule has 22 heavy (non-hydrogen) atoms. The van der Waals surface area contributed by atoms with Crippen molar-refractivity contribution in [1.82, 2.24) is 0 Å². The van der Waals surface area contributed by atoms with Crippen LogP contribution in [0.2, 0.25) is 0 Å². The van der Waals surface area contributed by atoms with Crippen LogP contribution in [-0.4, -0.2) is 22.6 Å². The van der Waals surface area contributed by atoms with Crippen LogP contribution in [0.5, 0.6) is 5.75 Å². The van der Waals surface area contributed by atoms with Crippen molar-refractivity contribution in [2.24, 2.45) is 0 Å². The third kappa shape index (κ3) is 5.86. The van der Waals surface area contributed by atoms with Crippen LogP contribution in [0.25, 0.3) is 6.08 Å². The van der Waals surface area contributed by atoms with Crippen LogP contribution in [0.15, 0.2) is 29.9 Å². The molecule has 0 aliphatic heterocycles. The van der Waals surface area contributed by atoms with Crippen molar-refractivity contribution in [2.75, 3.05) is 0 Å². The van der Waals surface area contributed by atoms with E-state index in [1.54, 1.807) is 13.0 Å². The number of carbonyl (C=O) groups is 1. The summed E-state index contributed by atoms with van der Waals surface area (Å²) < 4.78 is 0. The van der Waals surface area contributed by atoms with E-state index in [1.165, 1.54) is 5.57 Å². The molecule has 0 aromatic heterocycles. The van der Waals surface area contributed by atoms with E-state index in [0.29, 0.717) is 11.8 Å². The molecule has 0 heterocycles. The van der Waals surface area contributed by atoms with E-state index < -0.39 is 0 Å². The number of unbranched alkanes of at least 4 members (excludes halogenated alkanes) is 1. The van der Waals surface area contributed by atoms with E-state index in [9.17, 15) is 15.0 Å². The molecule has 0 saturated heterocycles. The van der Waals surface area contributed by atoms with Crippen LogP contribution >= 0.6 is 0 Å². The molecule has 0 saturated carbocycles. The average Bonchev–Trinajstić information content (AvgIpc) is 2.45. The van der Waals surface area contributed by atoms with Gasteiger partial charge in [0.25, 0.3) is 0 Å². The summed E-state index contributed by atoms with van der Waals surface area (Å²) in [5.41, 5.74) is 3.36. The minimum absolute atomic E-state index is 0.0135. The zero-order chi connectivity index (χ0) is 16.5. The number of aliphatic hydroxyl groups is 1. The lowest BCUT2D eigenvalue weighted by molar-refractivity contribution is 0.112.